The highest BCUT2D eigenvalue weighted by molar-refractivity contribution is 7.92. The average Bonchev–Trinajstić information content (AvgIpc) is 3.00. The molecule has 2 aliphatic rings. The van der Waals surface area contributed by atoms with Crippen molar-refractivity contribution in [1.82, 2.24) is 0 Å². The van der Waals surface area contributed by atoms with Gasteiger partial charge in [0.15, 0.2) is 0 Å². The Bertz CT molecular complexity index is 667. The molecule has 0 amide bonds. The van der Waals surface area contributed by atoms with Crippen molar-refractivity contribution in [1.29, 1.82) is 0 Å². The average molecular weight is 306 g/mol. The van der Waals surface area contributed by atoms with E-state index in [-0.39, 0.29) is 0 Å². The summed E-state index contributed by atoms with van der Waals surface area (Å²) in [7, 11) is -3.22. The summed E-state index contributed by atoms with van der Waals surface area (Å²) in [6.07, 6.45) is 8.51. The molecule has 2 N–H and O–H groups in total. The minimum Gasteiger partial charge on any atom is -0.385 e. The molecule has 1 saturated carbocycles. The van der Waals surface area contributed by atoms with Crippen molar-refractivity contribution in [3.05, 3.63) is 35.9 Å². The Morgan fingerprint density at radius 3 is 2.62 bits per heavy atom. The third-order valence-corrected chi connectivity index (χ3v) is 5.10. The van der Waals surface area contributed by atoms with Gasteiger partial charge in [0.2, 0.25) is 10.0 Å². The third kappa shape index (κ3) is 3.40. The van der Waals surface area contributed by atoms with Crippen LogP contribution in [0, 0.1) is 24.7 Å². The van der Waals surface area contributed by atoms with E-state index in [1.54, 1.807) is 0 Å². The number of sulfonamides is 1. The Labute approximate surface area is 126 Å². The molecule has 0 aliphatic heterocycles. The number of rotatable bonds is 5. The predicted molar refractivity (Wildman–Crippen MR) is 87.0 cm³/mol. The first-order valence-electron chi connectivity index (χ1n) is 7.41. The fourth-order valence-electron chi connectivity index (χ4n) is 3.47. The molecule has 0 spiro atoms. The monoisotopic (exact) mass is 306 g/mol. The maximum Gasteiger partial charge on any atom is 0.229 e. The standard InChI is InChI=1S/C16H22N2O2S/c1-11-7-15(5-6-16(11)18-21(2,19)20)17-10-14-9-12-3-4-13(14)8-12/h3-7,12-14,17-18H,8-10H2,1-2H3. The Hall–Kier alpha value is -1.49. The number of fused-ring (bicyclic) bond motifs is 2. The summed E-state index contributed by atoms with van der Waals surface area (Å²) in [5.74, 6) is 2.27. The maximum atomic E-state index is 11.3. The number of hydrogen-bond donors (Lipinski definition) is 2. The zero-order valence-corrected chi connectivity index (χ0v) is 13.3. The van der Waals surface area contributed by atoms with Crippen LogP contribution in [0.2, 0.25) is 0 Å². The summed E-state index contributed by atoms with van der Waals surface area (Å²) in [4.78, 5) is 0. The van der Waals surface area contributed by atoms with Gasteiger partial charge in [-0.25, -0.2) is 8.42 Å². The highest BCUT2D eigenvalue weighted by atomic mass is 32.2. The van der Waals surface area contributed by atoms with Crippen molar-refractivity contribution < 1.29 is 8.42 Å². The van der Waals surface area contributed by atoms with Crippen LogP contribution in [0.4, 0.5) is 11.4 Å². The second-order valence-corrected chi connectivity index (χ2v) is 8.07. The van der Waals surface area contributed by atoms with Gasteiger partial charge in [-0.05, 0) is 61.3 Å². The van der Waals surface area contributed by atoms with E-state index in [1.165, 1.54) is 19.1 Å². The minimum absolute atomic E-state index is 0.644. The number of aryl methyl sites for hydroxylation is 1. The molecule has 1 aromatic carbocycles. The van der Waals surface area contributed by atoms with Crippen molar-refractivity contribution in [3.63, 3.8) is 0 Å². The molecule has 1 fully saturated rings. The van der Waals surface area contributed by atoms with Crippen LogP contribution in [0.1, 0.15) is 18.4 Å². The van der Waals surface area contributed by atoms with Crippen LogP contribution < -0.4 is 10.0 Å². The van der Waals surface area contributed by atoms with E-state index in [0.717, 1.165) is 35.5 Å². The summed E-state index contributed by atoms with van der Waals surface area (Å²) < 4.78 is 25.1. The molecule has 114 valence electrons. The van der Waals surface area contributed by atoms with Crippen LogP contribution >= 0.6 is 0 Å². The summed E-state index contributed by atoms with van der Waals surface area (Å²) in [6, 6.07) is 5.75. The van der Waals surface area contributed by atoms with Crippen molar-refractivity contribution in [2.75, 3.05) is 22.8 Å². The van der Waals surface area contributed by atoms with Crippen molar-refractivity contribution in [3.8, 4) is 0 Å². The van der Waals surface area contributed by atoms with E-state index in [4.69, 9.17) is 0 Å². The molecular weight excluding hydrogens is 284 g/mol. The van der Waals surface area contributed by atoms with Gasteiger partial charge in [0.25, 0.3) is 0 Å². The molecule has 21 heavy (non-hydrogen) atoms. The Morgan fingerprint density at radius 2 is 2.05 bits per heavy atom. The van der Waals surface area contributed by atoms with Gasteiger partial charge in [-0.3, -0.25) is 4.72 Å². The summed E-state index contributed by atoms with van der Waals surface area (Å²) in [6.45, 7) is 2.91. The molecule has 0 aromatic heterocycles. The summed E-state index contributed by atoms with van der Waals surface area (Å²) >= 11 is 0. The van der Waals surface area contributed by atoms with Gasteiger partial charge in [0.05, 0.1) is 11.9 Å². The molecule has 5 heteroatoms. The maximum absolute atomic E-state index is 11.3. The van der Waals surface area contributed by atoms with Crippen molar-refractivity contribution in [2.24, 2.45) is 17.8 Å². The molecular formula is C16H22N2O2S. The lowest BCUT2D eigenvalue weighted by molar-refractivity contribution is 0.472. The molecule has 1 aromatic rings. The number of benzene rings is 1. The second kappa shape index (κ2) is 5.37. The lowest BCUT2D eigenvalue weighted by atomic mass is 9.93. The smallest absolute Gasteiger partial charge is 0.229 e. The van der Waals surface area contributed by atoms with E-state index >= 15 is 0 Å². The van der Waals surface area contributed by atoms with Crippen LogP contribution in [-0.4, -0.2) is 21.2 Å². The molecule has 2 bridgehead atoms. The number of nitrogens with one attached hydrogen (secondary N) is 2. The molecule has 2 aliphatic carbocycles. The first-order chi connectivity index (χ1) is 9.90. The molecule has 0 saturated heterocycles. The molecule has 3 rings (SSSR count). The van der Waals surface area contributed by atoms with Gasteiger partial charge in [0.1, 0.15) is 0 Å². The first-order valence-corrected chi connectivity index (χ1v) is 9.30. The topological polar surface area (TPSA) is 58.2 Å². The summed E-state index contributed by atoms with van der Waals surface area (Å²) in [5.41, 5.74) is 2.63. The van der Waals surface area contributed by atoms with Gasteiger partial charge < -0.3 is 5.32 Å². The van der Waals surface area contributed by atoms with Crippen LogP contribution in [0.3, 0.4) is 0 Å². The summed E-state index contributed by atoms with van der Waals surface area (Å²) in [5, 5.41) is 3.49. The van der Waals surface area contributed by atoms with Crippen LogP contribution in [0.5, 0.6) is 0 Å². The van der Waals surface area contributed by atoms with Crippen LogP contribution in [0.15, 0.2) is 30.4 Å². The Balaban J connectivity index is 1.62. The van der Waals surface area contributed by atoms with Gasteiger partial charge in [-0.2, -0.15) is 0 Å². The van der Waals surface area contributed by atoms with E-state index < -0.39 is 10.0 Å². The van der Waals surface area contributed by atoms with E-state index in [0.29, 0.717) is 5.69 Å². The molecule has 3 atom stereocenters. The quantitative estimate of drug-likeness (QED) is 0.822. The minimum atomic E-state index is -3.22. The Kier molecular flexibility index (Phi) is 3.69. The van der Waals surface area contributed by atoms with Gasteiger partial charge >= 0.3 is 0 Å². The molecule has 0 heterocycles. The number of hydrogen-bond acceptors (Lipinski definition) is 3. The van der Waals surface area contributed by atoms with Crippen molar-refractivity contribution in [2.45, 2.75) is 19.8 Å². The lowest BCUT2D eigenvalue weighted by Gasteiger charge is -2.19. The largest absolute Gasteiger partial charge is 0.385 e. The lowest BCUT2D eigenvalue weighted by Crippen LogP contribution is -2.18. The van der Waals surface area contributed by atoms with Gasteiger partial charge in [-0.1, -0.05) is 12.2 Å². The van der Waals surface area contributed by atoms with Gasteiger partial charge in [-0.15, -0.1) is 0 Å². The molecule has 4 nitrogen and oxygen atoms in total. The highest BCUT2D eigenvalue weighted by Gasteiger charge is 2.35. The number of allylic oxidation sites excluding steroid dienone is 2. The van der Waals surface area contributed by atoms with E-state index in [1.807, 2.05) is 25.1 Å². The van der Waals surface area contributed by atoms with E-state index in [2.05, 4.69) is 22.2 Å². The molecule has 3 unspecified atom stereocenters. The third-order valence-electron chi connectivity index (χ3n) is 4.51. The zero-order valence-electron chi connectivity index (χ0n) is 12.5. The fraction of sp³-hybridized carbons (Fsp3) is 0.500. The first kappa shape index (κ1) is 14.4. The SMILES string of the molecule is Cc1cc(NCC2CC3C=CC2C3)ccc1NS(C)(=O)=O. The Morgan fingerprint density at radius 1 is 1.24 bits per heavy atom. The van der Waals surface area contributed by atoms with E-state index in [9.17, 15) is 8.42 Å². The van der Waals surface area contributed by atoms with Crippen LogP contribution in [0.25, 0.3) is 0 Å². The zero-order chi connectivity index (χ0) is 15.0. The normalized spacial score (nSPS) is 27.0. The van der Waals surface area contributed by atoms with Crippen LogP contribution in [-0.2, 0) is 10.0 Å². The van der Waals surface area contributed by atoms with Gasteiger partial charge in [0, 0.05) is 12.2 Å². The fourth-order valence-corrected chi connectivity index (χ4v) is 4.09. The molecule has 0 radical (unpaired) electrons. The second-order valence-electron chi connectivity index (χ2n) is 6.33. The van der Waals surface area contributed by atoms with Crippen molar-refractivity contribution >= 4 is 21.4 Å². The predicted octanol–water partition coefficient (Wildman–Crippen LogP) is 2.99. The number of anilines is 2. The highest BCUT2D eigenvalue weighted by Crippen LogP contribution is 2.43.